The van der Waals surface area contributed by atoms with Gasteiger partial charge in [-0.2, -0.15) is 0 Å². The van der Waals surface area contributed by atoms with E-state index >= 15 is 0 Å². The normalized spacial score (nSPS) is 13.6. The number of halogens is 1. The number of rotatable bonds is 9. The molecule has 0 saturated heterocycles. The summed E-state index contributed by atoms with van der Waals surface area (Å²) in [5.41, 5.74) is 0. The Morgan fingerprint density at radius 2 is 1.94 bits per heavy atom. The molecular formula is C11H22ClNO4S. The Morgan fingerprint density at radius 1 is 1.33 bits per heavy atom. The molecule has 18 heavy (non-hydrogen) atoms. The molecule has 5 nitrogen and oxygen atoms in total. The van der Waals surface area contributed by atoms with E-state index in [2.05, 4.69) is 9.46 Å². The van der Waals surface area contributed by atoms with E-state index in [9.17, 15) is 13.2 Å². The zero-order valence-corrected chi connectivity index (χ0v) is 12.7. The van der Waals surface area contributed by atoms with Gasteiger partial charge in [-0.3, -0.25) is 4.79 Å². The Balaban J connectivity index is 4.50. The van der Waals surface area contributed by atoms with Crippen molar-refractivity contribution in [1.82, 2.24) is 4.72 Å². The molecule has 1 unspecified atom stereocenters. The molecule has 0 radical (unpaired) electrons. The number of hydrogen-bond acceptors (Lipinski definition) is 4. The van der Waals surface area contributed by atoms with Gasteiger partial charge in [0.2, 0.25) is 10.0 Å². The highest BCUT2D eigenvalue weighted by Crippen LogP contribution is 2.08. The van der Waals surface area contributed by atoms with Crippen LogP contribution in [0.1, 0.15) is 33.1 Å². The van der Waals surface area contributed by atoms with E-state index in [4.69, 9.17) is 11.6 Å². The molecule has 0 aromatic heterocycles. The molecule has 0 aromatic rings. The van der Waals surface area contributed by atoms with Crippen LogP contribution in [0.5, 0.6) is 0 Å². The number of carbonyl (C=O) groups excluding carboxylic acids is 1. The van der Waals surface area contributed by atoms with Gasteiger partial charge in [-0.15, -0.1) is 11.6 Å². The molecule has 0 aliphatic carbocycles. The van der Waals surface area contributed by atoms with E-state index in [-0.39, 0.29) is 11.7 Å². The highest BCUT2D eigenvalue weighted by atomic mass is 35.5. The van der Waals surface area contributed by atoms with Crippen molar-refractivity contribution in [3.8, 4) is 0 Å². The first-order chi connectivity index (χ1) is 8.32. The van der Waals surface area contributed by atoms with Crippen molar-refractivity contribution in [2.75, 3.05) is 18.7 Å². The largest absolute Gasteiger partial charge is 0.468 e. The summed E-state index contributed by atoms with van der Waals surface area (Å²) in [6.07, 6.45) is 1.53. The molecule has 1 atom stereocenters. The predicted molar refractivity (Wildman–Crippen MR) is 72.1 cm³/mol. The van der Waals surface area contributed by atoms with E-state index in [0.717, 1.165) is 0 Å². The summed E-state index contributed by atoms with van der Waals surface area (Å²) in [6, 6.07) is -0.809. The smallest absolute Gasteiger partial charge is 0.323 e. The minimum atomic E-state index is -3.46. The number of carbonyl (C=O) groups is 1. The van der Waals surface area contributed by atoms with Crippen LogP contribution < -0.4 is 4.72 Å². The third kappa shape index (κ3) is 7.89. The summed E-state index contributed by atoms with van der Waals surface area (Å²) in [5, 5.41) is 0. The number of hydrogen-bond donors (Lipinski definition) is 1. The molecule has 0 aliphatic rings. The Kier molecular flexibility index (Phi) is 8.56. The van der Waals surface area contributed by atoms with Gasteiger partial charge in [-0.1, -0.05) is 13.8 Å². The number of nitrogens with one attached hydrogen (secondary N) is 1. The maximum atomic E-state index is 11.8. The van der Waals surface area contributed by atoms with E-state index < -0.39 is 22.0 Å². The van der Waals surface area contributed by atoms with Gasteiger partial charge in [0, 0.05) is 5.88 Å². The van der Waals surface area contributed by atoms with Crippen LogP contribution in [-0.2, 0) is 19.6 Å². The van der Waals surface area contributed by atoms with Gasteiger partial charge in [-0.25, -0.2) is 13.1 Å². The van der Waals surface area contributed by atoms with Crippen molar-refractivity contribution < 1.29 is 17.9 Å². The third-order valence-corrected chi connectivity index (χ3v) is 4.05. The monoisotopic (exact) mass is 299 g/mol. The van der Waals surface area contributed by atoms with E-state index in [1.807, 2.05) is 13.8 Å². The van der Waals surface area contributed by atoms with Crippen molar-refractivity contribution in [3.05, 3.63) is 0 Å². The summed E-state index contributed by atoms with van der Waals surface area (Å²) in [5.74, 6) is 0.0528. The first-order valence-electron chi connectivity index (χ1n) is 5.96. The molecule has 0 amide bonds. The lowest BCUT2D eigenvalue weighted by molar-refractivity contribution is -0.143. The average molecular weight is 300 g/mol. The number of sulfonamides is 1. The number of alkyl halides is 1. The second kappa shape index (κ2) is 8.72. The quantitative estimate of drug-likeness (QED) is 0.398. The standard InChI is InChI=1S/C11H22ClNO4S/c1-9(2)8-10(11(14)17-3)13-18(15,16)7-5-4-6-12/h9-10,13H,4-8H2,1-3H3. The number of esters is 1. The molecule has 7 heteroatoms. The maximum Gasteiger partial charge on any atom is 0.323 e. The van der Waals surface area contributed by atoms with Crippen LogP contribution >= 0.6 is 11.6 Å². The highest BCUT2D eigenvalue weighted by molar-refractivity contribution is 7.89. The van der Waals surface area contributed by atoms with E-state index in [0.29, 0.717) is 25.1 Å². The Morgan fingerprint density at radius 3 is 2.39 bits per heavy atom. The zero-order chi connectivity index (χ0) is 14.2. The van der Waals surface area contributed by atoms with Gasteiger partial charge in [0.25, 0.3) is 0 Å². The fourth-order valence-electron chi connectivity index (χ4n) is 1.47. The molecule has 0 aliphatic heterocycles. The number of unbranched alkanes of at least 4 members (excludes halogenated alkanes) is 1. The fourth-order valence-corrected chi connectivity index (χ4v) is 2.99. The molecule has 0 heterocycles. The van der Waals surface area contributed by atoms with Crippen LogP contribution in [0.2, 0.25) is 0 Å². The van der Waals surface area contributed by atoms with Crippen LogP contribution in [-0.4, -0.2) is 39.2 Å². The fraction of sp³-hybridized carbons (Fsp3) is 0.909. The van der Waals surface area contributed by atoms with E-state index in [1.165, 1.54) is 7.11 Å². The topological polar surface area (TPSA) is 72.5 Å². The second-order valence-corrected chi connectivity index (χ2v) is 6.79. The van der Waals surface area contributed by atoms with Crippen molar-refractivity contribution >= 4 is 27.6 Å². The molecule has 1 N–H and O–H groups in total. The van der Waals surface area contributed by atoms with Crippen LogP contribution in [0.3, 0.4) is 0 Å². The SMILES string of the molecule is COC(=O)C(CC(C)C)NS(=O)(=O)CCCCCl. The molecule has 0 fully saturated rings. The van der Waals surface area contributed by atoms with Crippen LogP contribution in [0.4, 0.5) is 0 Å². The van der Waals surface area contributed by atoms with Crippen molar-refractivity contribution in [2.45, 2.75) is 39.2 Å². The lowest BCUT2D eigenvalue weighted by atomic mass is 10.1. The molecule has 0 spiro atoms. The molecule has 0 rings (SSSR count). The summed E-state index contributed by atoms with van der Waals surface area (Å²) < 4.78 is 30.5. The third-order valence-electron chi connectivity index (χ3n) is 2.31. The van der Waals surface area contributed by atoms with Crippen molar-refractivity contribution in [1.29, 1.82) is 0 Å². The molecule has 0 bridgehead atoms. The first-order valence-corrected chi connectivity index (χ1v) is 8.15. The van der Waals surface area contributed by atoms with Crippen LogP contribution in [0.25, 0.3) is 0 Å². The summed E-state index contributed by atoms with van der Waals surface area (Å²) in [7, 11) is -2.22. The average Bonchev–Trinajstić information content (AvgIpc) is 2.26. The highest BCUT2D eigenvalue weighted by Gasteiger charge is 2.25. The zero-order valence-electron chi connectivity index (χ0n) is 11.1. The minimum Gasteiger partial charge on any atom is -0.468 e. The number of methoxy groups -OCH3 is 1. The molecule has 108 valence electrons. The van der Waals surface area contributed by atoms with Gasteiger partial charge in [-0.05, 0) is 25.2 Å². The molecule has 0 aromatic carbocycles. The Labute approximate surface area is 114 Å². The van der Waals surface area contributed by atoms with Crippen LogP contribution in [0.15, 0.2) is 0 Å². The second-order valence-electron chi connectivity index (χ2n) is 4.54. The van der Waals surface area contributed by atoms with Gasteiger partial charge in [0.05, 0.1) is 12.9 Å². The van der Waals surface area contributed by atoms with Crippen LogP contribution in [0, 0.1) is 5.92 Å². The predicted octanol–water partition coefficient (Wildman–Crippen LogP) is 1.51. The molecule has 0 saturated carbocycles. The van der Waals surface area contributed by atoms with Crippen molar-refractivity contribution in [3.63, 3.8) is 0 Å². The number of ether oxygens (including phenoxy) is 1. The summed E-state index contributed by atoms with van der Waals surface area (Å²) in [4.78, 5) is 11.5. The summed E-state index contributed by atoms with van der Waals surface area (Å²) >= 11 is 5.49. The van der Waals surface area contributed by atoms with Gasteiger partial charge in [0.1, 0.15) is 6.04 Å². The van der Waals surface area contributed by atoms with Gasteiger partial charge < -0.3 is 4.74 Å². The summed E-state index contributed by atoms with van der Waals surface area (Å²) in [6.45, 7) is 3.83. The molecular weight excluding hydrogens is 278 g/mol. The first kappa shape index (κ1) is 17.7. The van der Waals surface area contributed by atoms with Gasteiger partial charge >= 0.3 is 5.97 Å². The lowest BCUT2D eigenvalue weighted by Crippen LogP contribution is -2.43. The lowest BCUT2D eigenvalue weighted by Gasteiger charge is -2.18. The minimum absolute atomic E-state index is 0.0225. The van der Waals surface area contributed by atoms with Crippen molar-refractivity contribution in [2.24, 2.45) is 5.92 Å². The maximum absolute atomic E-state index is 11.8. The van der Waals surface area contributed by atoms with E-state index in [1.54, 1.807) is 0 Å². The van der Waals surface area contributed by atoms with Gasteiger partial charge in [0.15, 0.2) is 0 Å². The Hall–Kier alpha value is -0.330. The Bertz CT molecular complexity index is 343.